The first-order valence-corrected chi connectivity index (χ1v) is 11.8. The third-order valence-corrected chi connectivity index (χ3v) is 6.27. The number of aryl methyl sites for hydroxylation is 1. The molecule has 5 N–H and O–H groups in total. The lowest BCUT2D eigenvalue weighted by atomic mass is 9.99. The average Bonchev–Trinajstić information content (AvgIpc) is 3.27. The minimum atomic E-state index is -1.19. The molecule has 192 valence electrons. The number of nitrogens with two attached hydrogens (primary N) is 1. The molecule has 3 amide bonds. The molecule has 0 aliphatic heterocycles. The van der Waals surface area contributed by atoms with Crippen molar-refractivity contribution in [1.29, 1.82) is 0 Å². The van der Waals surface area contributed by atoms with Crippen LogP contribution in [0.15, 0.2) is 62.4 Å². The number of carboxylic acid groups (broad SMARTS) is 1. The highest BCUT2D eigenvalue weighted by atomic mass is 16.4. The van der Waals surface area contributed by atoms with E-state index in [0.717, 1.165) is 21.9 Å². The highest BCUT2D eigenvalue weighted by Crippen LogP contribution is 2.34. The third-order valence-electron chi connectivity index (χ3n) is 6.27. The van der Waals surface area contributed by atoms with Gasteiger partial charge in [-0.2, -0.15) is 0 Å². The molecular weight excluding hydrogens is 478 g/mol. The third kappa shape index (κ3) is 5.80. The monoisotopic (exact) mass is 505 g/mol. The van der Waals surface area contributed by atoms with E-state index in [2.05, 4.69) is 10.6 Å². The molecule has 2 aromatic heterocycles. The van der Waals surface area contributed by atoms with Crippen molar-refractivity contribution >= 4 is 39.8 Å². The van der Waals surface area contributed by atoms with Gasteiger partial charge in [-0.05, 0) is 43.4 Å². The molecular formula is C27H27N3O7. The number of primary amides is 1. The molecule has 0 saturated heterocycles. The van der Waals surface area contributed by atoms with E-state index >= 15 is 0 Å². The lowest BCUT2D eigenvalue weighted by molar-refractivity contribution is -0.142. The summed E-state index contributed by atoms with van der Waals surface area (Å²) < 4.78 is 11.3. The predicted octanol–water partition coefficient (Wildman–Crippen LogP) is 3.47. The zero-order valence-electron chi connectivity index (χ0n) is 20.2. The van der Waals surface area contributed by atoms with Crippen LogP contribution in [0.25, 0.3) is 33.1 Å². The largest absolute Gasteiger partial charge is 0.480 e. The summed E-state index contributed by atoms with van der Waals surface area (Å²) in [4.78, 5) is 47.5. The molecule has 4 rings (SSSR count). The number of furan rings is 1. The van der Waals surface area contributed by atoms with Gasteiger partial charge in [0.25, 0.3) is 0 Å². The van der Waals surface area contributed by atoms with E-state index in [4.69, 9.17) is 14.6 Å². The van der Waals surface area contributed by atoms with Crippen LogP contribution in [0.1, 0.15) is 30.4 Å². The number of aliphatic carboxylic acids is 1. The maximum absolute atomic E-state index is 12.7. The molecule has 10 heteroatoms. The van der Waals surface area contributed by atoms with Crippen LogP contribution in [0, 0.1) is 6.92 Å². The van der Waals surface area contributed by atoms with Gasteiger partial charge in [0, 0.05) is 40.9 Å². The SMILES string of the molecule is Cc1c(CCC(=O)N[C@@H](CCCNC(N)=O)C(=O)O)c(=O)oc2cc3occ(-c4ccccc4)c3cc12. The summed E-state index contributed by atoms with van der Waals surface area (Å²) in [5.41, 5.74) is 8.34. The van der Waals surface area contributed by atoms with Gasteiger partial charge < -0.3 is 30.3 Å². The Labute approximate surface area is 211 Å². The quantitative estimate of drug-likeness (QED) is 0.189. The minimum Gasteiger partial charge on any atom is -0.480 e. The van der Waals surface area contributed by atoms with E-state index in [1.807, 2.05) is 36.4 Å². The van der Waals surface area contributed by atoms with Gasteiger partial charge in [-0.25, -0.2) is 14.4 Å². The van der Waals surface area contributed by atoms with Crippen molar-refractivity contribution in [2.45, 2.75) is 38.6 Å². The Hall–Kier alpha value is -4.60. The molecule has 0 radical (unpaired) electrons. The summed E-state index contributed by atoms with van der Waals surface area (Å²) in [5, 5.41) is 15.8. The van der Waals surface area contributed by atoms with Crippen molar-refractivity contribution in [3.8, 4) is 11.1 Å². The zero-order valence-corrected chi connectivity index (χ0v) is 20.2. The van der Waals surface area contributed by atoms with E-state index in [9.17, 15) is 24.3 Å². The molecule has 0 bridgehead atoms. The maximum atomic E-state index is 12.7. The van der Waals surface area contributed by atoms with Gasteiger partial charge >= 0.3 is 17.6 Å². The van der Waals surface area contributed by atoms with Crippen LogP contribution in [-0.4, -0.2) is 35.6 Å². The highest BCUT2D eigenvalue weighted by molar-refractivity contribution is 6.02. The van der Waals surface area contributed by atoms with Crippen molar-refractivity contribution in [3.63, 3.8) is 0 Å². The Morgan fingerprint density at radius 2 is 1.84 bits per heavy atom. The number of amides is 3. The number of urea groups is 1. The standard InChI is InChI=1S/C27H27N3O7/c1-15-17(9-10-24(31)30-21(25(32)33)8-5-11-29-27(28)35)26(34)37-23-13-22-19(12-18(15)23)20(14-36-22)16-6-3-2-4-7-16/h2-4,6-7,12-14,21H,5,8-11H2,1H3,(H,30,31)(H,32,33)(H3,28,29,35)/t21-/m0/s1. The second-order valence-electron chi connectivity index (χ2n) is 8.74. The summed E-state index contributed by atoms with van der Waals surface area (Å²) >= 11 is 0. The number of carbonyl (C=O) groups is 3. The number of nitrogens with one attached hydrogen (secondary N) is 2. The summed E-state index contributed by atoms with van der Waals surface area (Å²) in [7, 11) is 0. The summed E-state index contributed by atoms with van der Waals surface area (Å²) in [6.07, 6.45) is 2.09. The van der Waals surface area contributed by atoms with Gasteiger partial charge in [-0.3, -0.25) is 4.79 Å². The average molecular weight is 506 g/mol. The molecule has 0 saturated carbocycles. The molecule has 10 nitrogen and oxygen atoms in total. The number of fused-ring (bicyclic) bond motifs is 2. The second kappa shape index (κ2) is 11.0. The Bertz CT molecular complexity index is 1520. The summed E-state index contributed by atoms with van der Waals surface area (Å²) in [6.45, 7) is 1.99. The Kier molecular flexibility index (Phi) is 7.57. The lowest BCUT2D eigenvalue weighted by Gasteiger charge is -2.15. The van der Waals surface area contributed by atoms with E-state index in [1.54, 1.807) is 19.3 Å². The molecule has 0 aliphatic carbocycles. The molecule has 0 aliphatic rings. The number of hydrogen-bond donors (Lipinski definition) is 4. The highest BCUT2D eigenvalue weighted by Gasteiger charge is 2.21. The molecule has 1 atom stereocenters. The van der Waals surface area contributed by atoms with Crippen LogP contribution >= 0.6 is 0 Å². The molecule has 2 heterocycles. The number of benzene rings is 2. The fraction of sp³-hybridized carbons (Fsp3) is 0.259. The number of carbonyl (C=O) groups excluding carboxylic acids is 2. The summed E-state index contributed by atoms with van der Waals surface area (Å²) in [5.74, 6) is -1.70. The van der Waals surface area contributed by atoms with Gasteiger partial charge in [-0.15, -0.1) is 0 Å². The van der Waals surface area contributed by atoms with Crippen molar-refractivity contribution in [2.24, 2.45) is 5.73 Å². The van der Waals surface area contributed by atoms with Crippen LogP contribution in [-0.2, 0) is 16.0 Å². The molecule has 0 fully saturated rings. The van der Waals surface area contributed by atoms with Gasteiger partial charge in [0.15, 0.2) is 0 Å². The van der Waals surface area contributed by atoms with Crippen LogP contribution in [0.5, 0.6) is 0 Å². The van der Waals surface area contributed by atoms with E-state index in [1.165, 1.54) is 0 Å². The fourth-order valence-electron chi connectivity index (χ4n) is 4.32. The second-order valence-corrected chi connectivity index (χ2v) is 8.74. The van der Waals surface area contributed by atoms with Crippen LogP contribution in [0.3, 0.4) is 0 Å². The zero-order chi connectivity index (χ0) is 26.5. The van der Waals surface area contributed by atoms with Gasteiger partial charge in [0.2, 0.25) is 5.91 Å². The topological polar surface area (TPSA) is 165 Å². The van der Waals surface area contributed by atoms with Crippen LogP contribution < -0.4 is 22.0 Å². The van der Waals surface area contributed by atoms with E-state index < -0.39 is 29.6 Å². The first-order valence-electron chi connectivity index (χ1n) is 11.8. The Morgan fingerprint density at radius 1 is 1.08 bits per heavy atom. The smallest absolute Gasteiger partial charge is 0.339 e. The Balaban J connectivity index is 1.52. The number of carboxylic acids is 1. The molecule has 0 unspecified atom stereocenters. The maximum Gasteiger partial charge on any atom is 0.339 e. The van der Waals surface area contributed by atoms with Crippen LogP contribution in [0.2, 0.25) is 0 Å². The number of rotatable bonds is 10. The van der Waals surface area contributed by atoms with Crippen molar-refractivity contribution < 1.29 is 28.3 Å². The fourth-order valence-corrected chi connectivity index (χ4v) is 4.32. The van der Waals surface area contributed by atoms with Crippen molar-refractivity contribution in [3.05, 3.63) is 70.3 Å². The van der Waals surface area contributed by atoms with Gasteiger partial charge in [0.1, 0.15) is 17.2 Å². The van der Waals surface area contributed by atoms with E-state index in [-0.39, 0.29) is 25.8 Å². The molecule has 0 spiro atoms. The normalized spacial score (nSPS) is 11.9. The van der Waals surface area contributed by atoms with Crippen molar-refractivity contribution in [1.82, 2.24) is 10.6 Å². The van der Waals surface area contributed by atoms with Gasteiger partial charge in [0.05, 0.1) is 6.26 Å². The predicted molar refractivity (Wildman–Crippen MR) is 137 cm³/mol. The van der Waals surface area contributed by atoms with E-state index in [0.29, 0.717) is 28.7 Å². The Morgan fingerprint density at radius 3 is 2.54 bits per heavy atom. The van der Waals surface area contributed by atoms with Crippen LogP contribution in [0.4, 0.5) is 4.79 Å². The summed E-state index contributed by atoms with van der Waals surface area (Å²) in [6, 6.07) is 11.6. The number of hydrogen-bond acceptors (Lipinski definition) is 6. The molecule has 37 heavy (non-hydrogen) atoms. The molecule has 4 aromatic rings. The first-order chi connectivity index (χ1) is 17.7. The van der Waals surface area contributed by atoms with Gasteiger partial charge in [-0.1, -0.05) is 30.3 Å². The van der Waals surface area contributed by atoms with Crippen molar-refractivity contribution in [2.75, 3.05) is 6.54 Å². The first kappa shape index (κ1) is 25.5. The molecule has 2 aromatic carbocycles. The minimum absolute atomic E-state index is 0.0838. The lowest BCUT2D eigenvalue weighted by Crippen LogP contribution is -2.41.